The maximum absolute atomic E-state index is 6.05. The lowest BCUT2D eigenvalue weighted by molar-refractivity contribution is -0.236. The van der Waals surface area contributed by atoms with E-state index in [4.69, 9.17) is 18.9 Å². The van der Waals surface area contributed by atoms with Crippen molar-refractivity contribution in [2.75, 3.05) is 39.6 Å². The normalized spacial score (nSPS) is 23.4. The molecule has 0 aromatic carbocycles. The van der Waals surface area contributed by atoms with E-state index in [1.165, 1.54) is 0 Å². The van der Waals surface area contributed by atoms with E-state index in [2.05, 4.69) is 20.8 Å². The lowest BCUT2D eigenvalue weighted by Gasteiger charge is -2.43. The highest BCUT2D eigenvalue weighted by atomic mass is 16.7. The van der Waals surface area contributed by atoms with Gasteiger partial charge < -0.3 is 18.9 Å². The van der Waals surface area contributed by atoms with Crippen LogP contribution in [0.3, 0.4) is 0 Å². The van der Waals surface area contributed by atoms with E-state index >= 15 is 0 Å². The van der Waals surface area contributed by atoms with Gasteiger partial charge in [0.1, 0.15) is 0 Å². The van der Waals surface area contributed by atoms with Crippen LogP contribution in [-0.2, 0) is 18.9 Å². The van der Waals surface area contributed by atoms with Crippen LogP contribution >= 0.6 is 0 Å². The fourth-order valence-electron chi connectivity index (χ4n) is 2.55. The third-order valence-electron chi connectivity index (χ3n) is 4.81. The summed E-state index contributed by atoms with van der Waals surface area (Å²) >= 11 is 0. The Morgan fingerprint density at radius 1 is 0.850 bits per heavy atom. The molecule has 0 atom stereocenters. The third kappa shape index (κ3) is 3.73. The summed E-state index contributed by atoms with van der Waals surface area (Å²) in [6.45, 7) is 11.4. The molecule has 2 aliphatic rings. The first-order valence-electron chi connectivity index (χ1n) is 8.06. The Hall–Kier alpha value is -0.160. The van der Waals surface area contributed by atoms with E-state index in [1.54, 1.807) is 0 Å². The molecule has 2 heterocycles. The molecule has 118 valence electrons. The van der Waals surface area contributed by atoms with E-state index in [1.807, 2.05) is 0 Å². The summed E-state index contributed by atoms with van der Waals surface area (Å²) in [6, 6.07) is 0. The van der Waals surface area contributed by atoms with Gasteiger partial charge in [-0.2, -0.15) is 0 Å². The molecule has 0 aromatic rings. The average molecular weight is 286 g/mol. The molecule has 0 radical (unpaired) electrons. The number of ether oxygens (including phenoxy) is 4. The zero-order chi connectivity index (χ0) is 14.5. The van der Waals surface area contributed by atoms with Gasteiger partial charge in [-0.25, -0.2) is 0 Å². The topological polar surface area (TPSA) is 36.9 Å². The molecule has 0 bridgehead atoms. The highest BCUT2D eigenvalue weighted by Gasteiger charge is 2.39. The summed E-state index contributed by atoms with van der Waals surface area (Å²) in [5.41, 5.74) is 0.467. The molecule has 0 aromatic heterocycles. The molecule has 0 amide bonds. The van der Waals surface area contributed by atoms with Crippen LogP contribution < -0.4 is 0 Å². The molecule has 0 unspecified atom stereocenters. The minimum absolute atomic E-state index is 0.0759. The van der Waals surface area contributed by atoms with Gasteiger partial charge in [-0.15, -0.1) is 0 Å². The summed E-state index contributed by atoms with van der Waals surface area (Å²) in [7, 11) is 0. The third-order valence-corrected chi connectivity index (χ3v) is 4.81. The standard InChI is InChI=1S/C16H30O4/c1-4-7-14(19-12-15(5-2)8-17-9-15)20-13-16(6-3)10-18-11-16/h14H,4-13H2,1-3H3. The second-order valence-electron chi connectivity index (χ2n) is 6.53. The molecule has 4 nitrogen and oxygen atoms in total. The Labute approximate surface area is 123 Å². The Balaban J connectivity index is 1.74. The molecule has 20 heavy (non-hydrogen) atoms. The van der Waals surface area contributed by atoms with Gasteiger partial charge in [0.15, 0.2) is 6.29 Å². The van der Waals surface area contributed by atoms with Gasteiger partial charge in [-0.1, -0.05) is 27.2 Å². The van der Waals surface area contributed by atoms with Crippen LogP contribution in [0.4, 0.5) is 0 Å². The Bertz CT molecular complexity index is 247. The second-order valence-corrected chi connectivity index (χ2v) is 6.53. The predicted molar refractivity (Wildman–Crippen MR) is 77.7 cm³/mol. The van der Waals surface area contributed by atoms with Crippen LogP contribution in [0.1, 0.15) is 46.5 Å². The van der Waals surface area contributed by atoms with Crippen LogP contribution in [-0.4, -0.2) is 45.9 Å². The van der Waals surface area contributed by atoms with Gasteiger partial charge in [0, 0.05) is 10.8 Å². The number of hydrogen-bond acceptors (Lipinski definition) is 4. The van der Waals surface area contributed by atoms with Crippen LogP contribution in [0.5, 0.6) is 0 Å². The fourth-order valence-corrected chi connectivity index (χ4v) is 2.55. The number of hydrogen-bond donors (Lipinski definition) is 0. The van der Waals surface area contributed by atoms with Crippen molar-refractivity contribution in [3.05, 3.63) is 0 Å². The highest BCUT2D eigenvalue weighted by Crippen LogP contribution is 2.34. The zero-order valence-corrected chi connectivity index (χ0v) is 13.3. The molecule has 4 heteroatoms. The lowest BCUT2D eigenvalue weighted by atomic mass is 9.84. The first-order valence-corrected chi connectivity index (χ1v) is 8.06. The molecular formula is C16H30O4. The molecule has 0 saturated carbocycles. The average Bonchev–Trinajstić information content (AvgIpc) is 2.37. The Morgan fingerprint density at radius 2 is 1.30 bits per heavy atom. The maximum atomic E-state index is 6.05. The van der Waals surface area contributed by atoms with Gasteiger partial charge in [0.2, 0.25) is 0 Å². The molecule has 2 fully saturated rings. The van der Waals surface area contributed by atoms with Gasteiger partial charge in [0.05, 0.1) is 39.6 Å². The van der Waals surface area contributed by atoms with Crippen molar-refractivity contribution in [1.82, 2.24) is 0 Å². The quantitative estimate of drug-likeness (QED) is 0.579. The first kappa shape index (κ1) is 16.2. The van der Waals surface area contributed by atoms with Crippen molar-refractivity contribution < 1.29 is 18.9 Å². The molecule has 2 rings (SSSR count). The van der Waals surface area contributed by atoms with Crippen molar-refractivity contribution in [2.24, 2.45) is 10.8 Å². The van der Waals surface area contributed by atoms with Crippen molar-refractivity contribution in [1.29, 1.82) is 0 Å². The molecule has 2 aliphatic heterocycles. The van der Waals surface area contributed by atoms with Crippen LogP contribution in [0, 0.1) is 10.8 Å². The molecule has 0 aliphatic carbocycles. The van der Waals surface area contributed by atoms with E-state index < -0.39 is 0 Å². The smallest absolute Gasteiger partial charge is 0.157 e. The zero-order valence-electron chi connectivity index (χ0n) is 13.3. The SMILES string of the molecule is CCCC(OCC1(CC)COC1)OCC1(CC)COC1. The van der Waals surface area contributed by atoms with Crippen molar-refractivity contribution >= 4 is 0 Å². The van der Waals surface area contributed by atoms with Crippen molar-refractivity contribution in [3.8, 4) is 0 Å². The van der Waals surface area contributed by atoms with Gasteiger partial charge in [0.25, 0.3) is 0 Å². The fraction of sp³-hybridized carbons (Fsp3) is 1.00. The summed E-state index contributed by atoms with van der Waals surface area (Å²) in [5, 5.41) is 0. The molecule has 0 spiro atoms. The minimum Gasteiger partial charge on any atom is -0.380 e. The Morgan fingerprint density at radius 3 is 1.55 bits per heavy atom. The van der Waals surface area contributed by atoms with E-state index in [9.17, 15) is 0 Å². The lowest BCUT2D eigenvalue weighted by Crippen LogP contribution is -2.48. The van der Waals surface area contributed by atoms with Crippen molar-refractivity contribution in [3.63, 3.8) is 0 Å². The van der Waals surface area contributed by atoms with Gasteiger partial charge >= 0.3 is 0 Å². The Kier molecular flexibility index (Phi) is 5.84. The summed E-state index contributed by atoms with van der Waals surface area (Å²) < 4.78 is 22.8. The van der Waals surface area contributed by atoms with Crippen LogP contribution in [0.25, 0.3) is 0 Å². The summed E-state index contributed by atoms with van der Waals surface area (Å²) in [6.07, 6.45) is 4.18. The second kappa shape index (κ2) is 7.21. The van der Waals surface area contributed by atoms with Crippen LogP contribution in [0.2, 0.25) is 0 Å². The number of rotatable bonds is 10. The predicted octanol–water partition coefficient (Wildman–Crippen LogP) is 3.00. The maximum Gasteiger partial charge on any atom is 0.157 e. The molecular weight excluding hydrogens is 256 g/mol. The molecule has 0 N–H and O–H groups in total. The van der Waals surface area contributed by atoms with E-state index in [0.717, 1.165) is 65.3 Å². The van der Waals surface area contributed by atoms with Gasteiger partial charge in [-0.05, 0) is 19.3 Å². The molecule has 2 saturated heterocycles. The highest BCUT2D eigenvalue weighted by molar-refractivity contribution is 4.85. The summed E-state index contributed by atoms with van der Waals surface area (Å²) in [4.78, 5) is 0. The first-order chi connectivity index (χ1) is 9.67. The van der Waals surface area contributed by atoms with Crippen LogP contribution in [0.15, 0.2) is 0 Å². The largest absolute Gasteiger partial charge is 0.380 e. The minimum atomic E-state index is -0.0759. The summed E-state index contributed by atoms with van der Waals surface area (Å²) in [5.74, 6) is 0. The monoisotopic (exact) mass is 286 g/mol. The van der Waals surface area contributed by atoms with Crippen molar-refractivity contribution in [2.45, 2.75) is 52.7 Å². The van der Waals surface area contributed by atoms with E-state index in [-0.39, 0.29) is 17.1 Å². The van der Waals surface area contributed by atoms with Gasteiger partial charge in [-0.3, -0.25) is 0 Å². The van der Waals surface area contributed by atoms with E-state index in [0.29, 0.717) is 0 Å².